The highest BCUT2D eigenvalue weighted by atomic mass is 16.3. The summed E-state index contributed by atoms with van der Waals surface area (Å²) in [4.78, 5) is 5.96. The van der Waals surface area contributed by atoms with E-state index in [-0.39, 0.29) is 17.5 Å². The van der Waals surface area contributed by atoms with Gasteiger partial charge in [0.2, 0.25) is 11.8 Å². The number of hydrogen-bond acceptors (Lipinski definition) is 4. The van der Waals surface area contributed by atoms with Crippen molar-refractivity contribution in [2.24, 2.45) is 0 Å². The molecule has 1 unspecified atom stereocenters. The van der Waals surface area contributed by atoms with Gasteiger partial charge in [-0.15, -0.1) is 0 Å². The van der Waals surface area contributed by atoms with Gasteiger partial charge < -0.3 is 20.9 Å². The molecule has 0 radical (unpaired) electrons. The van der Waals surface area contributed by atoms with E-state index in [0.29, 0.717) is 0 Å². The lowest BCUT2D eigenvalue weighted by molar-refractivity contribution is 0.190. The third-order valence-corrected chi connectivity index (χ3v) is 1.15. The summed E-state index contributed by atoms with van der Waals surface area (Å²) in [5, 5.41) is 17.9. The van der Waals surface area contributed by atoms with Gasteiger partial charge in [0, 0.05) is 0 Å². The second kappa shape index (κ2) is 2.18. The fourth-order valence-electron chi connectivity index (χ4n) is 0.687. The highest BCUT2D eigenvalue weighted by molar-refractivity contribution is 5.30. The van der Waals surface area contributed by atoms with Crippen molar-refractivity contribution in [1.29, 1.82) is 0 Å². The number of imidazole rings is 1. The summed E-state index contributed by atoms with van der Waals surface area (Å²) in [6.45, 7) is 1.51. The third kappa shape index (κ3) is 1.03. The van der Waals surface area contributed by atoms with E-state index in [2.05, 4.69) is 9.97 Å². The van der Waals surface area contributed by atoms with Crippen molar-refractivity contribution >= 4 is 5.95 Å². The average molecular weight is 143 g/mol. The van der Waals surface area contributed by atoms with E-state index in [4.69, 9.17) is 15.9 Å². The molecule has 0 spiro atoms. The molecule has 1 aromatic heterocycles. The molecule has 0 aliphatic carbocycles. The van der Waals surface area contributed by atoms with Crippen LogP contribution in [0, 0.1) is 0 Å². The van der Waals surface area contributed by atoms with Crippen molar-refractivity contribution in [3.8, 4) is 5.88 Å². The second-order valence-electron chi connectivity index (χ2n) is 2.04. The Morgan fingerprint density at radius 3 is 2.50 bits per heavy atom. The summed E-state index contributed by atoms with van der Waals surface area (Å²) in [6, 6.07) is 0. The number of rotatable bonds is 1. The first-order chi connectivity index (χ1) is 4.61. The van der Waals surface area contributed by atoms with Crippen LogP contribution in [0.25, 0.3) is 0 Å². The quantitative estimate of drug-likeness (QED) is 0.436. The molecule has 5 nitrogen and oxygen atoms in total. The molecule has 0 fully saturated rings. The maximum absolute atomic E-state index is 8.93. The largest absolute Gasteiger partial charge is 0.492 e. The second-order valence-corrected chi connectivity index (χ2v) is 2.04. The van der Waals surface area contributed by atoms with Crippen LogP contribution >= 0.6 is 0 Å². The van der Waals surface area contributed by atoms with Crippen molar-refractivity contribution in [2.45, 2.75) is 13.0 Å². The Morgan fingerprint density at radius 1 is 1.70 bits per heavy atom. The SMILES string of the molecule is CC(O)c1[nH]c(N)nc1O. The predicted octanol–water partition coefficient (Wildman–Crippen LogP) is -0.249. The number of hydrogen-bond donors (Lipinski definition) is 4. The molecule has 0 saturated carbocycles. The van der Waals surface area contributed by atoms with Gasteiger partial charge in [0.15, 0.2) is 0 Å². The molecule has 0 aliphatic heterocycles. The normalized spacial score (nSPS) is 13.4. The number of nitrogens with one attached hydrogen (secondary N) is 1. The molecule has 0 amide bonds. The van der Waals surface area contributed by atoms with Crippen LogP contribution in [-0.4, -0.2) is 20.2 Å². The van der Waals surface area contributed by atoms with E-state index < -0.39 is 6.10 Å². The summed E-state index contributed by atoms with van der Waals surface area (Å²) in [7, 11) is 0. The Balaban J connectivity index is 3.03. The molecule has 0 bridgehead atoms. The number of aromatic hydroxyl groups is 1. The van der Waals surface area contributed by atoms with Gasteiger partial charge in [-0.05, 0) is 6.92 Å². The monoisotopic (exact) mass is 143 g/mol. The Morgan fingerprint density at radius 2 is 2.30 bits per heavy atom. The van der Waals surface area contributed by atoms with Gasteiger partial charge in [0.25, 0.3) is 0 Å². The molecule has 1 aromatic rings. The summed E-state index contributed by atoms with van der Waals surface area (Å²) >= 11 is 0. The number of nitrogens with two attached hydrogens (primary N) is 1. The fourth-order valence-corrected chi connectivity index (χ4v) is 0.687. The molecular weight excluding hydrogens is 134 g/mol. The summed E-state index contributed by atoms with van der Waals surface area (Å²) in [6.07, 6.45) is -0.773. The molecule has 0 aliphatic rings. The molecule has 1 atom stereocenters. The molecule has 1 rings (SSSR count). The fraction of sp³-hybridized carbons (Fsp3) is 0.400. The van der Waals surface area contributed by atoms with Gasteiger partial charge in [-0.2, -0.15) is 4.98 Å². The number of aromatic amines is 1. The van der Waals surface area contributed by atoms with Gasteiger partial charge in [-0.1, -0.05) is 0 Å². The lowest BCUT2D eigenvalue weighted by Crippen LogP contribution is -1.92. The highest BCUT2D eigenvalue weighted by Crippen LogP contribution is 2.20. The number of aromatic nitrogens is 2. The van der Waals surface area contributed by atoms with Crippen LogP contribution in [0.3, 0.4) is 0 Å². The van der Waals surface area contributed by atoms with Gasteiger partial charge in [-0.25, -0.2) is 0 Å². The number of nitrogen functional groups attached to an aromatic ring is 1. The topological polar surface area (TPSA) is 95.2 Å². The van der Waals surface area contributed by atoms with Crippen molar-refractivity contribution in [2.75, 3.05) is 5.73 Å². The minimum Gasteiger partial charge on any atom is -0.492 e. The zero-order valence-corrected chi connectivity index (χ0v) is 5.50. The van der Waals surface area contributed by atoms with Gasteiger partial charge in [0.1, 0.15) is 5.69 Å². The zero-order valence-electron chi connectivity index (χ0n) is 5.50. The smallest absolute Gasteiger partial charge is 0.236 e. The van der Waals surface area contributed by atoms with E-state index in [1.807, 2.05) is 0 Å². The molecule has 0 saturated heterocycles. The Labute approximate surface area is 57.5 Å². The van der Waals surface area contributed by atoms with Crippen LogP contribution in [-0.2, 0) is 0 Å². The number of nitrogens with zero attached hydrogens (tertiary/aromatic N) is 1. The Kier molecular flexibility index (Phi) is 1.50. The first-order valence-corrected chi connectivity index (χ1v) is 2.83. The molecule has 5 N–H and O–H groups in total. The van der Waals surface area contributed by atoms with Crippen LogP contribution < -0.4 is 5.73 Å². The summed E-state index contributed by atoms with van der Waals surface area (Å²) < 4.78 is 0. The van der Waals surface area contributed by atoms with Crippen LogP contribution in [0.1, 0.15) is 18.7 Å². The summed E-state index contributed by atoms with van der Waals surface area (Å²) in [5.41, 5.74) is 5.43. The molecule has 1 heterocycles. The number of H-pyrrole nitrogens is 1. The van der Waals surface area contributed by atoms with Gasteiger partial charge >= 0.3 is 0 Å². The molecule has 5 heteroatoms. The first-order valence-electron chi connectivity index (χ1n) is 2.83. The molecular formula is C5H9N3O2. The van der Waals surface area contributed by atoms with E-state index in [1.165, 1.54) is 6.92 Å². The van der Waals surface area contributed by atoms with Crippen molar-refractivity contribution in [3.63, 3.8) is 0 Å². The maximum atomic E-state index is 8.93. The lowest BCUT2D eigenvalue weighted by atomic mass is 10.3. The van der Waals surface area contributed by atoms with Crippen LogP contribution in [0.2, 0.25) is 0 Å². The third-order valence-electron chi connectivity index (χ3n) is 1.15. The van der Waals surface area contributed by atoms with Crippen LogP contribution in [0.5, 0.6) is 5.88 Å². The van der Waals surface area contributed by atoms with E-state index in [1.54, 1.807) is 0 Å². The Bertz CT molecular complexity index is 231. The van der Waals surface area contributed by atoms with E-state index >= 15 is 0 Å². The van der Waals surface area contributed by atoms with Crippen LogP contribution in [0.15, 0.2) is 0 Å². The number of aliphatic hydroxyl groups is 1. The maximum Gasteiger partial charge on any atom is 0.236 e. The minimum atomic E-state index is -0.773. The average Bonchev–Trinajstić information content (AvgIpc) is 2.10. The first kappa shape index (κ1) is 6.88. The van der Waals surface area contributed by atoms with E-state index in [0.717, 1.165) is 0 Å². The summed E-state index contributed by atoms with van der Waals surface area (Å²) in [5.74, 6) is -0.138. The Hall–Kier alpha value is -1.23. The standard InChI is InChI=1S/C5H9N3O2/c1-2(9)3-4(10)8-5(6)7-3/h2,9-10H,1H3,(H3,6,7,8). The minimum absolute atomic E-state index is 0.105. The number of anilines is 1. The van der Waals surface area contributed by atoms with E-state index in [9.17, 15) is 0 Å². The van der Waals surface area contributed by atoms with Gasteiger partial charge in [0.05, 0.1) is 6.10 Å². The van der Waals surface area contributed by atoms with Crippen molar-refractivity contribution < 1.29 is 10.2 Å². The lowest BCUT2D eigenvalue weighted by Gasteiger charge is -1.97. The molecule has 0 aromatic carbocycles. The highest BCUT2D eigenvalue weighted by Gasteiger charge is 2.10. The van der Waals surface area contributed by atoms with Gasteiger partial charge in [-0.3, -0.25) is 0 Å². The molecule has 10 heavy (non-hydrogen) atoms. The number of aliphatic hydroxyl groups excluding tert-OH is 1. The zero-order chi connectivity index (χ0) is 7.72. The van der Waals surface area contributed by atoms with Crippen LogP contribution in [0.4, 0.5) is 5.95 Å². The van der Waals surface area contributed by atoms with Crippen molar-refractivity contribution in [1.82, 2.24) is 9.97 Å². The van der Waals surface area contributed by atoms with Crippen molar-refractivity contribution in [3.05, 3.63) is 5.69 Å². The predicted molar refractivity (Wildman–Crippen MR) is 35.3 cm³/mol. The molecule has 56 valence electrons.